The molecule has 0 aromatic heterocycles. The fourth-order valence-corrected chi connectivity index (χ4v) is 1.84. The van der Waals surface area contributed by atoms with Crippen LogP contribution in [-0.4, -0.2) is 30.2 Å². The number of hydrogen-bond acceptors (Lipinski definition) is 3. The molecule has 0 N–H and O–H groups in total. The number of hydrogen-bond donors (Lipinski definition) is 0. The van der Waals surface area contributed by atoms with Gasteiger partial charge >= 0.3 is 0 Å². The van der Waals surface area contributed by atoms with Gasteiger partial charge in [0.2, 0.25) is 0 Å². The van der Waals surface area contributed by atoms with Gasteiger partial charge in [-0.15, -0.1) is 12.3 Å². The van der Waals surface area contributed by atoms with Crippen LogP contribution < -0.4 is 0 Å². The SMILES string of the molecule is C#C[C@]1([C@H]2COC(C)(C)O2)O[C@H]1C#CCC. The average Bonchev–Trinajstić information content (AvgIpc) is 2.85. The first-order chi connectivity index (χ1) is 7.54. The topological polar surface area (TPSA) is 31.0 Å². The molecule has 0 bridgehead atoms. The molecule has 2 fully saturated rings. The van der Waals surface area contributed by atoms with Crippen molar-refractivity contribution >= 4 is 0 Å². The number of rotatable bonds is 1. The van der Waals surface area contributed by atoms with E-state index in [1.807, 2.05) is 20.8 Å². The Kier molecular flexibility index (Phi) is 2.72. The zero-order chi connectivity index (χ0) is 11.8. The zero-order valence-electron chi connectivity index (χ0n) is 9.87. The molecular formula is C13H16O3. The van der Waals surface area contributed by atoms with Gasteiger partial charge in [-0.3, -0.25) is 0 Å². The molecule has 2 aliphatic rings. The van der Waals surface area contributed by atoms with E-state index in [0.29, 0.717) is 6.61 Å². The van der Waals surface area contributed by atoms with E-state index in [-0.39, 0.29) is 12.2 Å². The Hall–Kier alpha value is -1.00. The molecule has 2 aliphatic heterocycles. The second kappa shape index (κ2) is 3.79. The molecule has 2 saturated heterocycles. The van der Waals surface area contributed by atoms with Crippen LogP contribution in [-0.2, 0) is 14.2 Å². The van der Waals surface area contributed by atoms with Crippen LogP contribution in [0.15, 0.2) is 0 Å². The van der Waals surface area contributed by atoms with Crippen molar-refractivity contribution in [2.45, 2.75) is 50.8 Å². The Morgan fingerprint density at radius 2 is 2.12 bits per heavy atom. The first kappa shape index (κ1) is 11.5. The molecule has 0 aliphatic carbocycles. The molecule has 2 heterocycles. The van der Waals surface area contributed by atoms with Crippen LogP contribution in [0, 0.1) is 24.2 Å². The Labute approximate surface area is 96.4 Å². The fraction of sp³-hybridized carbons (Fsp3) is 0.692. The Morgan fingerprint density at radius 1 is 1.38 bits per heavy atom. The molecule has 16 heavy (non-hydrogen) atoms. The lowest BCUT2D eigenvalue weighted by Gasteiger charge is -2.18. The van der Waals surface area contributed by atoms with Crippen molar-refractivity contribution in [1.82, 2.24) is 0 Å². The molecule has 0 radical (unpaired) electrons. The molecule has 0 saturated carbocycles. The number of terminal acetylenes is 1. The summed E-state index contributed by atoms with van der Waals surface area (Å²) in [4.78, 5) is 0. The van der Waals surface area contributed by atoms with Gasteiger partial charge in [-0.25, -0.2) is 0 Å². The van der Waals surface area contributed by atoms with Crippen molar-refractivity contribution in [3.63, 3.8) is 0 Å². The van der Waals surface area contributed by atoms with Crippen LogP contribution in [0.25, 0.3) is 0 Å². The van der Waals surface area contributed by atoms with E-state index >= 15 is 0 Å². The van der Waals surface area contributed by atoms with Gasteiger partial charge in [-0.05, 0) is 13.8 Å². The normalized spacial score (nSPS) is 39.6. The summed E-state index contributed by atoms with van der Waals surface area (Å²) >= 11 is 0. The van der Waals surface area contributed by atoms with Gasteiger partial charge < -0.3 is 14.2 Å². The van der Waals surface area contributed by atoms with Crippen LogP contribution in [0.3, 0.4) is 0 Å². The van der Waals surface area contributed by atoms with Crippen LogP contribution in [0.1, 0.15) is 27.2 Å². The van der Waals surface area contributed by atoms with Crippen molar-refractivity contribution in [2.24, 2.45) is 0 Å². The summed E-state index contributed by atoms with van der Waals surface area (Å²) in [6.07, 6.45) is 5.89. The lowest BCUT2D eigenvalue weighted by Crippen LogP contribution is -2.34. The van der Waals surface area contributed by atoms with Crippen molar-refractivity contribution in [2.75, 3.05) is 6.61 Å². The van der Waals surface area contributed by atoms with Crippen LogP contribution in [0.4, 0.5) is 0 Å². The lowest BCUT2D eigenvalue weighted by atomic mass is 10.00. The van der Waals surface area contributed by atoms with E-state index < -0.39 is 11.4 Å². The lowest BCUT2D eigenvalue weighted by molar-refractivity contribution is -0.143. The van der Waals surface area contributed by atoms with E-state index in [1.165, 1.54) is 0 Å². The molecule has 0 unspecified atom stereocenters. The summed E-state index contributed by atoms with van der Waals surface area (Å²) in [6.45, 7) is 6.19. The minimum absolute atomic E-state index is 0.208. The van der Waals surface area contributed by atoms with E-state index in [4.69, 9.17) is 20.6 Å². The van der Waals surface area contributed by atoms with Gasteiger partial charge in [0, 0.05) is 6.42 Å². The van der Waals surface area contributed by atoms with E-state index in [0.717, 1.165) is 6.42 Å². The molecular weight excluding hydrogens is 204 g/mol. The second-order valence-electron chi connectivity index (χ2n) is 4.43. The Balaban J connectivity index is 2.07. The minimum Gasteiger partial charge on any atom is -0.348 e. The smallest absolute Gasteiger partial charge is 0.195 e. The highest BCUT2D eigenvalue weighted by atomic mass is 16.8. The molecule has 0 aromatic carbocycles. The molecule has 0 aromatic rings. The van der Waals surface area contributed by atoms with Crippen molar-refractivity contribution in [3.05, 3.63) is 0 Å². The van der Waals surface area contributed by atoms with Gasteiger partial charge in [-0.1, -0.05) is 18.8 Å². The van der Waals surface area contributed by atoms with Gasteiger partial charge in [0.25, 0.3) is 0 Å². The van der Waals surface area contributed by atoms with E-state index in [2.05, 4.69) is 17.8 Å². The molecule has 3 heteroatoms. The Bertz CT molecular complexity index is 382. The molecule has 3 atom stereocenters. The van der Waals surface area contributed by atoms with E-state index in [1.54, 1.807) is 0 Å². The molecule has 3 nitrogen and oxygen atoms in total. The minimum atomic E-state index is -0.698. The quantitative estimate of drug-likeness (QED) is 0.493. The first-order valence-electron chi connectivity index (χ1n) is 5.50. The average molecular weight is 220 g/mol. The second-order valence-corrected chi connectivity index (χ2v) is 4.43. The van der Waals surface area contributed by atoms with Crippen LogP contribution >= 0.6 is 0 Å². The fourth-order valence-electron chi connectivity index (χ4n) is 1.84. The summed E-state index contributed by atoms with van der Waals surface area (Å²) in [5, 5.41) is 0. The molecule has 0 amide bonds. The van der Waals surface area contributed by atoms with Gasteiger partial charge in [0.05, 0.1) is 6.61 Å². The predicted octanol–water partition coefficient (Wildman–Crippen LogP) is 1.32. The number of epoxide rings is 1. The maximum absolute atomic E-state index is 5.72. The van der Waals surface area contributed by atoms with Crippen molar-refractivity contribution < 1.29 is 14.2 Å². The van der Waals surface area contributed by atoms with Crippen LogP contribution in [0.2, 0.25) is 0 Å². The highest BCUT2D eigenvalue weighted by Gasteiger charge is 2.64. The molecule has 0 spiro atoms. The molecule has 86 valence electrons. The van der Waals surface area contributed by atoms with Gasteiger partial charge in [0.1, 0.15) is 6.10 Å². The predicted molar refractivity (Wildman–Crippen MR) is 59.4 cm³/mol. The molecule has 2 rings (SSSR count). The summed E-state index contributed by atoms with van der Waals surface area (Å²) < 4.78 is 16.7. The zero-order valence-corrected chi connectivity index (χ0v) is 9.87. The maximum atomic E-state index is 5.72. The number of ether oxygens (including phenoxy) is 3. The summed E-state index contributed by atoms with van der Waals surface area (Å²) in [6, 6.07) is 0. The summed E-state index contributed by atoms with van der Waals surface area (Å²) in [7, 11) is 0. The third-order valence-corrected chi connectivity index (χ3v) is 2.77. The van der Waals surface area contributed by atoms with Crippen LogP contribution in [0.5, 0.6) is 0 Å². The van der Waals surface area contributed by atoms with Gasteiger partial charge in [0.15, 0.2) is 17.5 Å². The van der Waals surface area contributed by atoms with Crippen molar-refractivity contribution in [3.8, 4) is 24.2 Å². The highest BCUT2D eigenvalue weighted by Crippen LogP contribution is 2.44. The largest absolute Gasteiger partial charge is 0.348 e. The standard InChI is InChI=1S/C13H16O3/c1-5-7-8-10-13(6-2,16-10)11-9-14-12(3,4)15-11/h2,10-11H,5,9H2,1,3-4H3/t10-,11+,13-/m0/s1. The van der Waals surface area contributed by atoms with Crippen molar-refractivity contribution in [1.29, 1.82) is 0 Å². The third kappa shape index (κ3) is 1.83. The summed E-state index contributed by atoms with van der Waals surface area (Å²) in [5.74, 6) is 8.06. The van der Waals surface area contributed by atoms with Gasteiger partial charge in [-0.2, -0.15) is 0 Å². The summed E-state index contributed by atoms with van der Waals surface area (Å²) in [5.41, 5.74) is -0.698. The first-order valence-corrected chi connectivity index (χ1v) is 5.50. The highest BCUT2D eigenvalue weighted by molar-refractivity contribution is 5.35. The third-order valence-electron chi connectivity index (χ3n) is 2.77. The monoisotopic (exact) mass is 220 g/mol. The Morgan fingerprint density at radius 3 is 2.62 bits per heavy atom. The maximum Gasteiger partial charge on any atom is 0.195 e. The van der Waals surface area contributed by atoms with E-state index in [9.17, 15) is 0 Å².